The third kappa shape index (κ3) is 2.15. The predicted octanol–water partition coefficient (Wildman–Crippen LogP) is 3.49. The van der Waals surface area contributed by atoms with Gasteiger partial charge in [0.05, 0.1) is 5.69 Å². The first-order chi connectivity index (χ1) is 10.7. The Labute approximate surface area is 130 Å². The van der Waals surface area contributed by atoms with E-state index < -0.39 is 5.54 Å². The molecule has 1 heterocycles. The number of hydrogen-bond acceptors (Lipinski definition) is 2. The van der Waals surface area contributed by atoms with Crippen molar-refractivity contribution in [2.45, 2.75) is 19.4 Å². The molecular weight excluding hydrogens is 272 g/mol. The summed E-state index contributed by atoms with van der Waals surface area (Å²) in [7, 11) is 0. The summed E-state index contributed by atoms with van der Waals surface area (Å²) in [5, 5.41) is 4.59. The molecule has 0 saturated carbocycles. The fourth-order valence-electron chi connectivity index (χ4n) is 2.97. The van der Waals surface area contributed by atoms with Gasteiger partial charge in [-0.25, -0.2) is 4.68 Å². The predicted molar refractivity (Wildman–Crippen MR) is 86.8 cm³/mol. The van der Waals surface area contributed by atoms with Crippen molar-refractivity contribution >= 4 is 6.29 Å². The molecule has 0 unspecified atom stereocenters. The molecule has 0 aliphatic carbocycles. The molecule has 0 amide bonds. The van der Waals surface area contributed by atoms with Crippen LogP contribution in [-0.4, -0.2) is 16.1 Å². The van der Waals surface area contributed by atoms with Gasteiger partial charge in [0.15, 0.2) is 11.8 Å². The molecule has 3 heteroatoms. The fraction of sp³-hybridized carbons (Fsp3) is 0.158. The topological polar surface area (TPSA) is 34.9 Å². The Morgan fingerprint density at radius 1 is 0.909 bits per heavy atom. The monoisotopic (exact) mass is 290 g/mol. The number of carbonyl (C=O) groups is 1. The van der Waals surface area contributed by atoms with Gasteiger partial charge in [0.25, 0.3) is 0 Å². The van der Waals surface area contributed by atoms with Crippen LogP contribution in [0.1, 0.15) is 22.5 Å². The second kappa shape index (κ2) is 5.60. The smallest absolute Gasteiger partial charge is 0.168 e. The number of hydrogen-bond donors (Lipinski definition) is 0. The molecule has 110 valence electrons. The largest absolute Gasteiger partial charge is 0.300 e. The second-order valence-electron chi connectivity index (χ2n) is 5.46. The Hall–Kier alpha value is -2.68. The lowest BCUT2D eigenvalue weighted by Crippen LogP contribution is -2.39. The molecule has 3 aromatic rings. The van der Waals surface area contributed by atoms with E-state index >= 15 is 0 Å². The van der Waals surface area contributed by atoms with Crippen LogP contribution in [0.4, 0.5) is 0 Å². The quantitative estimate of drug-likeness (QED) is 0.689. The van der Waals surface area contributed by atoms with Crippen LogP contribution in [0.25, 0.3) is 0 Å². The van der Waals surface area contributed by atoms with E-state index in [-0.39, 0.29) is 0 Å². The minimum atomic E-state index is -0.944. The third-order valence-corrected chi connectivity index (χ3v) is 3.94. The van der Waals surface area contributed by atoms with Gasteiger partial charge in [-0.05, 0) is 31.0 Å². The van der Waals surface area contributed by atoms with Crippen molar-refractivity contribution in [1.82, 2.24) is 9.78 Å². The fourth-order valence-corrected chi connectivity index (χ4v) is 2.97. The van der Waals surface area contributed by atoms with E-state index in [0.717, 1.165) is 28.8 Å². The average molecular weight is 290 g/mol. The second-order valence-corrected chi connectivity index (χ2v) is 5.46. The molecule has 22 heavy (non-hydrogen) atoms. The van der Waals surface area contributed by atoms with E-state index in [9.17, 15) is 4.79 Å². The Balaban J connectivity index is 2.36. The molecule has 3 rings (SSSR count). The summed E-state index contributed by atoms with van der Waals surface area (Å²) >= 11 is 0. The van der Waals surface area contributed by atoms with Crippen LogP contribution >= 0.6 is 0 Å². The minimum Gasteiger partial charge on any atom is -0.300 e. The summed E-state index contributed by atoms with van der Waals surface area (Å²) in [6.45, 7) is 3.92. The Morgan fingerprint density at radius 3 is 1.77 bits per heavy atom. The van der Waals surface area contributed by atoms with Gasteiger partial charge in [0, 0.05) is 5.69 Å². The Bertz CT molecular complexity index is 736. The molecule has 0 spiro atoms. The van der Waals surface area contributed by atoms with Crippen molar-refractivity contribution in [2.24, 2.45) is 0 Å². The van der Waals surface area contributed by atoms with Gasteiger partial charge in [-0.15, -0.1) is 0 Å². The molecule has 0 N–H and O–H groups in total. The van der Waals surface area contributed by atoms with Gasteiger partial charge in [-0.1, -0.05) is 60.7 Å². The lowest BCUT2D eigenvalue weighted by atomic mass is 9.84. The molecule has 0 saturated heterocycles. The van der Waals surface area contributed by atoms with E-state index in [4.69, 9.17) is 0 Å². The van der Waals surface area contributed by atoms with E-state index in [1.807, 2.05) is 85.3 Å². The SMILES string of the molecule is Cc1cc(C)n(C(C=O)(c2ccccc2)c2ccccc2)n1. The van der Waals surface area contributed by atoms with Gasteiger partial charge in [-0.2, -0.15) is 5.10 Å². The Kier molecular flexibility index (Phi) is 3.63. The summed E-state index contributed by atoms with van der Waals surface area (Å²) in [6.07, 6.45) is 0.983. The van der Waals surface area contributed by atoms with Crippen molar-refractivity contribution in [2.75, 3.05) is 0 Å². The molecule has 3 nitrogen and oxygen atoms in total. The van der Waals surface area contributed by atoms with Crippen LogP contribution in [-0.2, 0) is 10.3 Å². The summed E-state index contributed by atoms with van der Waals surface area (Å²) < 4.78 is 1.82. The molecule has 0 fully saturated rings. The minimum absolute atomic E-state index is 0.899. The number of nitrogens with zero attached hydrogens (tertiary/aromatic N) is 2. The zero-order chi connectivity index (χ0) is 15.6. The van der Waals surface area contributed by atoms with Gasteiger partial charge in [0.2, 0.25) is 0 Å². The summed E-state index contributed by atoms with van der Waals surface area (Å²) in [4.78, 5) is 12.3. The molecule has 2 aromatic carbocycles. The number of benzene rings is 2. The Morgan fingerprint density at radius 2 is 1.41 bits per heavy atom. The maximum Gasteiger partial charge on any atom is 0.168 e. The average Bonchev–Trinajstić information content (AvgIpc) is 2.90. The number of aryl methyl sites for hydroxylation is 2. The lowest BCUT2D eigenvalue weighted by Gasteiger charge is -2.31. The van der Waals surface area contributed by atoms with Crippen molar-refractivity contribution in [3.8, 4) is 0 Å². The van der Waals surface area contributed by atoms with E-state index in [1.165, 1.54) is 0 Å². The van der Waals surface area contributed by atoms with Crippen LogP contribution in [0.15, 0.2) is 66.7 Å². The van der Waals surface area contributed by atoms with Crippen molar-refractivity contribution in [3.63, 3.8) is 0 Å². The van der Waals surface area contributed by atoms with Crippen LogP contribution in [0, 0.1) is 13.8 Å². The van der Waals surface area contributed by atoms with Crippen LogP contribution in [0.3, 0.4) is 0 Å². The van der Waals surface area contributed by atoms with Gasteiger partial charge in [-0.3, -0.25) is 4.79 Å². The standard InChI is InChI=1S/C19H18N2O/c1-15-13-16(2)21(20-15)19(14-22,17-9-5-3-6-10-17)18-11-7-4-8-12-18/h3-14H,1-2H3. The maximum atomic E-state index is 12.3. The molecular formula is C19H18N2O. The van der Waals surface area contributed by atoms with Gasteiger partial charge in [0.1, 0.15) is 0 Å². The van der Waals surface area contributed by atoms with Crippen molar-refractivity contribution in [1.29, 1.82) is 0 Å². The molecule has 1 aromatic heterocycles. The van der Waals surface area contributed by atoms with E-state index in [0.29, 0.717) is 0 Å². The summed E-state index contributed by atoms with van der Waals surface area (Å²) in [6, 6.07) is 21.6. The molecule has 0 aliphatic rings. The van der Waals surface area contributed by atoms with Crippen LogP contribution in [0.5, 0.6) is 0 Å². The highest BCUT2D eigenvalue weighted by Crippen LogP contribution is 2.33. The van der Waals surface area contributed by atoms with E-state index in [1.54, 1.807) is 0 Å². The normalized spacial score (nSPS) is 11.4. The van der Waals surface area contributed by atoms with E-state index in [2.05, 4.69) is 5.10 Å². The van der Waals surface area contributed by atoms with Gasteiger partial charge >= 0.3 is 0 Å². The number of aldehydes is 1. The summed E-state index contributed by atoms with van der Waals surface area (Å²) in [5.74, 6) is 0. The molecule has 0 aliphatic heterocycles. The third-order valence-electron chi connectivity index (χ3n) is 3.94. The van der Waals surface area contributed by atoms with Gasteiger partial charge < -0.3 is 0 Å². The highest BCUT2D eigenvalue weighted by molar-refractivity contribution is 5.75. The first-order valence-electron chi connectivity index (χ1n) is 7.29. The number of aromatic nitrogens is 2. The van der Waals surface area contributed by atoms with Crippen LogP contribution in [0.2, 0.25) is 0 Å². The first kappa shape index (κ1) is 14.3. The lowest BCUT2D eigenvalue weighted by molar-refractivity contribution is -0.112. The zero-order valence-electron chi connectivity index (χ0n) is 12.7. The number of carbonyl (C=O) groups excluding carboxylic acids is 1. The zero-order valence-corrected chi connectivity index (χ0v) is 12.7. The molecule has 0 atom stereocenters. The summed E-state index contributed by atoms with van der Waals surface area (Å²) in [5.41, 5.74) is 2.72. The van der Waals surface area contributed by atoms with Crippen molar-refractivity contribution in [3.05, 3.63) is 89.2 Å². The molecule has 0 radical (unpaired) electrons. The maximum absolute atomic E-state index is 12.3. The highest BCUT2D eigenvalue weighted by atomic mass is 16.1. The first-order valence-corrected chi connectivity index (χ1v) is 7.29. The van der Waals surface area contributed by atoms with Crippen molar-refractivity contribution < 1.29 is 4.79 Å². The number of rotatable bonds is 4. The highest BCUT2D eigenvalue weighted by Gasteiger charge is 2.38. The molecule has 0 bridgehead atoms. The van der Waals surface area contributed by atoms with Crippen LogP contribution < -0.4 is 0 Å².